The molecular formula is C14H12BrN3O3. The summed E-state index contributed by atoms with van der Waals surface area (Å²) in [5.74, 6) is -1.12. The molecule has 0 atom stereocenters. The van der Waals surface area contributed by atoms with E-state index in [0.29, 0.717) is 10.2 Å². The maximum atomic E-state index is 12.0. The number of anilines is 2. The quantitative estimate of drug-likeness (QED) is 0.790. The third-order valence-corrected chi connectivity index (χ3v) is 3.24. The van der Waals surface area contributed by atoms with Gasteiger partial charge in [-0.3, -0.25) is 4.98 Å². The Morgan fingerprint density at radius 1 is 1.19 bits per heavy atom. The predicted molar refractivity (Wildman–Crippen MR) is 82.7 cm³/mol. The fraction of sp³-hybridized carbons (Fsp3) is 0.0714. The van der Waals surface area contributed by atoms with Crippen LogP contribution < -0.4 is 10.6 Å². The first kappa shape index (κ1) is 15.0. The number of pyridine rings is 1. The van der Waals surface area contributed by atoms with Gasteiger partial charge in [0, 0.05) is 10.7 Å². The summed E-state index contributed by atoms with van der Waals surface area (Å²) in [4.78, 5) is 27.0. The molecule has 7 heteroatoms. The minimum atomic E-state index is -1.12. The molecular weight excluding hydrogens is 338 g/mol. The molecule has 0 aliphatic heterocycles. The normalized spacial score (nSPS) is 10.0. The number of hydrogen-bond acceptors (Lipinski definition) is 3. The number of carbonyl (C=O) groups excluding carboxylic acids is 1. The number of benzene rings is 1. The molecule has 6 nitrogen and oxygen atoms in total. The lowest BCUT2D eigenvalue weighted by Crippen LogP contribution is -2.21. The van der Waals surface area contributed by atoms with Gasteiger partial charge >= 0.3 is 12.0 Å². The van der Waals surface area contributed by atoms with E-state index in [1.807, 2.05) is 6.92 Å². The second-order valence-electron chi connectivity index (χ2n) is 4.26. The van der Waals surface area contributed by atoms with Gasteiger partial charge in [-0.2, -0.15) is 0 Å². The largest absolute Gasteiger partial charge is 0.478 e. The minimum Gasteiger partial charge on any atom is -0.478 e. The summed E-state index contributed by atoms with van der Waals surface area (Å²) in [6.45, 7) is 1.83. The van der Waals surface area contributed by atoms with Gasteiger partial charge < -0.3 is 15.7 Å². The van der Waals surface area contributed by atoms with Crippen LogP contribution >= 0.6 is 15.9 Å². The Bertz CT molecular complexity index is 704. The number of aromatic carboxylic acids is 1. The van der Waals surface area contributed by atoms with E-state index in [9.17, 15) is 9.59 Å². The monoisotopic (exact) mass is 349 g/mol. The smallest absolute Gasteiger partial charge is 0.337 e. The zero-order chi connectivity index (χ0) is 15.4. The first-order valence-electron chi connectivity index (χ1n) is 5.99. The standard InChI is InChI=1S/C14H12BrN3O3/c1-8-4-5-16-7-12(8)18-14(21)17-11-6-9(15)2-3-10(11)13(19)20/h2-7H,1H3,(H,19,20)(H2,17,18,21). The molecule has 0 bridgehead atoms. The number of aryl methyl sites for hydroxylation is 1. The summed E-state index contributed by atoms with van der Waals surface area (Å²) in [5.41, 5.74) is 1.63. The predicted octanol–water partition coefficient (Wildman–Crippen LogP) is 3.49. The number of rotatable bonds is 3. The van der Waals surface area contributed by atoms with Crippen LogP contribution in [0.3, 0.4) is 0 Å². The molecule has 0 aliphatic rings. The molecule has 0 fully saturated rings. The Morgan fingerprint density at radius 3 is 2.57 bits per heavy atom. The van der Waals surface area contributed by atoms with E-state index in [0.717, 1.165) is 5.56 Å². The van der Waals surface area contributed by atoms with Crippen molar-refractivity contribution in [2.75, 3.05) is 10.6 Å². The number of nitrogens with zero attached hydrogens (tertiary/aromatic N) is 1. The third-order valence-electron chi connectivity index (χ3n) is 2.75. The van der Waals surface area contributed by atoms with Crippen LogP contribution in [-0.4, -0.2) is 22.1 Å². The van der Waals surface area contributed by atoms with Gasteiger partial charge in [-0.25, -0.2) is 9.59 Å². The van der Waals surface area contributed by atoms with Gasteiger partial charge in [-0.15, -0.1) is 0 Å². The zero-order valence-electron chi connectivity index (χ0n) is 11.1. The fourth-order valence-electron chi connectivity index (χ4n) is 1.68. The highest BCUT2D eigenvalue weighted by atomic mass is 79.9. The van der Waals surface area contributed by atoms with Crippen molar-refractivity contribution in [2.24, 2.45) is 0 Å². The van der Waals surface area contributed by atoms with Crippen molar-refractivity contribution in [1.82, 2.24) is 4.98 Å². The molecule has 21 heavy (non-hydrogen) atoms. The van der Waals surface area contributed by atoms with Gasteiger partial charge in [0.2, 0.25) is 0 Å². The Labute approximate surface area is 129 Å². The number of halogens is 1. The Morgan fingerprint density at radius 2 is 1.90 bits per heavy atom. The number of amides is 2. The highest BCUT2D eigenvalue weighted by Gasteiger charge is 2.13. The lowest BCUT2D eigenvalue weighted by molar-refractivity contribution is 0.0698. The van der Waals surface area contributed by atoms with Crippen molar-refractivity contribution in [2.45, 2.75) is 6.92 Å². The van der Waals surface area contributed by atoms with Gasteiger partial charge in [0.1, 0.15) is 0 Å². The molecule has 0 radical (unpaired) electrons. The first-order chi connectivity index (χ1) is 9.97. The Kier molecular flexibility index (Phi) is 4.54. The number of carboxylic acids is 1. The summed E-state index contributed by atoms with van der Waals surface area (Å²) in [6, 6.07) is 5.76. The second kappa shape index (κ2) is 6.36. The van der Waals surface area contributed by atoms with Crippen LogP contribution in [-0.2, 0) is 0 Å². The number of hydrogen-bond donors (Lipinski definition) is 3. The first-order valence-corrected chi connectivity index (χ1v) is 6.78. The Balaban J connectivity index is 2.18. The van der Waals surface area contributed by atoms with Gasteiger partial charge in [0.05, 0.1) is 23.1 Å². The maximum absolute atomic E-state index is 12.0. The highest BCUT2D eigenvalue weighted by Crippen LogP contribution is 2.22. The number of carboxylic acid groups (broad SMARTS) is 1. The van der Waals surface area contributed by atoms with Crippen molar-refractivity contribution in [3.8, 4) is 0 Å². The summed E-state index contributed by atoms with van der Waals surface area (Å²) in [7, 11) is 0. The fourth-order valence-corrected chi connectivity index (χ4v) is 2.04. The molecule has 0 saturated carbocycles. The molecule has 0 unspecified atom stereocenters. The number of nitrogens with one attached hydrogen (secondary N) is 2. The lowest BCUT2D eigenvalue weighted by Gasteiger charge is -2.11. The van der Waals surface area contributed by atoms with Gasteiger partial charge in [0.15, 0.2) is 0 Å². The molecule has 0 spiro atoms. The number of carbonyl (C=O) groups is 2. The maximum Gasteiger partial charge on any atom is 0.337 e. The SMILES string of the molecule is Cc1ccncc1NC(=O)Nc1cc(Br)ccc1C(=O)O. The summed E-state index contributed by atoms with van der Waals surface area (Å²) in [5, 5.41) is 14.2. The molecule has 1 aromatic heterocycles. The molecule has 2 rings (SSSR count). The summed E-state index contributed by atoms with van der Waals surface area (Å²) >= 11 is 3.24. The van der Waals surface area contributed by atoms with Crippen molar-refractivity contribution in [3.63, 3.8) is 0 Å². The molecule has 0 aliphatic carbocycles. The van der Waals surface area contributed by atoms with Crippen molar-refractivity contribution in [3.05, 3.63) is 52.3 Å². The van der Waals surface area contributed by atoms with Crippen LogP contribution in [0.25, 0.3) is 0 Å². The molecule has 1 aromatic carbocycles. The number of aromatic nitrogens is 1. The van der Waals surface area contributed by atoms with Gasteiger partial charge in [0.25, 0.3) is 0 Å². The van der Waals surface area contributed by atoms with Crippen LogP contribution in [0.1, 0.15) is 15.9 Å². The van der Waals surface area contributed by atoms with Crippen LogP contribution in [0.5, 0.6) is 0 Å². The zero-order valence-corrected chi connectivity index (χ0v) is 12.6. The van der Waals surface area contributed by atoms with Crippen molar-refractivity contribution >= 4 is 39.3 Å². The average molecular weight is 350 g/mol. The van der Waals surface area contributed by atoms with E-state index in [4.69, 9.17) is 5.11 Å². The molecule has 2 aromatic rings. The number of urea groups is 1. The highest BCUT2D eigenvalue weighted by molar-refractivity contribution is 9.10. The van der Waals surface area contributed by atoms with Crippen molar-refractivity contribution in [1.29, 1.82) is 0 Å². The second-order valence-corrected chi connectivity index (χ2v) is 5.18. The van der Waals surface area contributed by atoms with Crippen LogP contribution in [0.15, 0.2) is 41.1 Å². The van der Waals surface area contributed by atoms with Gasteiger partial charge in [-0.1, -0.05) is 15.9 Å². The topological polar surface area (TPSA) is 91.3 Å². The molecule has 3 N–H and O–H groups in total. The average Bonchev–Trinajstić information content (AvgIpc) is 2.41. The van der Waals surface area contributed by atoms with E-state index in [1.165, 1.54) is 18.3 Å². The van der Waals surface area contributed by atoms with E-state index >= 15 is 0 Å². The Hall–Kier alpha value is -2.41. The molecule has 0 saturated heterocycles. The third kappa shape index (κ3) is 3.79. The lowest BCUT2D eigenvalue weighted by atomic mass is 10.2. The summed E-state index contributed by atoms with van der Waals surface area (Å²) < 4.78 is 0.667. The van der Waals surface area contributed by atoms with Crippen molar-refractivity contribution < 1.29 is 14.7 Å². The van der Waals surface area contributed by atoms with E-state index < -0.39 is 12.0 Å². The molecule has 1 heterocycles. The van der Waals surface area contributed by atoms with E-state index in [-0.39, 0.29) is 11.3 Å². The molecule has 2 amide bonds. The minimum absolute atomic E-state index is 0.0104. The van der Waals surface area contributed by atoms with Gasteiger partial charge in [-0.05, 0) is 36.8 Å². The molecule has 108 valence electrons. The van der Waals surface area contributed by atoms with Crippen LogP contribution in [0, 0.1) is 6.92 Å². The summed E-state index contributed by atoms with van der Waals surface area (Å²) in [6.07, 6.45) is 3.14. The van der Waals surface area contributed by atoms with Crippen LogP contribution in [0.2, 0.25) is 0 Å². The van der Waals surface area contributed by atoms with E-state index in [2.05, 4.69) is 31.5 Å². The van der Waals surface area contributed by atoms with Crippen LogP contribution in [0.4, 0.5) is 16.2 Å². The van der Waals surface area contributed by atoms with E-state index in [1.54, 1.807) is 18.3 Å².